The van der Waals surface area contributed by atoms with Gasteiger partial charge in [0, 0.05) is 19.0 Å². The SMILES string of the molecule is CCCCOC(=O)C1(C2CC(C(N)=O)N(C(=O)OC(C)(C)C)C2)CC(C(C)(C)C)CN1O[SiH](C)C. The standard InChI is InChI=1S/C25H47N3O6Si/c1-10-11-12-32-21(30)25(14-18(23(2,3)4)16-28(25)34-35(8)9)17-13-19(20(26)29)27(15-17)22(31)33-24(5,6)7/h17-19,35H,10-16H2,1-9H3,(H2,26,29). The van der Waals surface area contributed by atoms with E-state index < -0.39 is 38.2 Å². The lowest BCUT2D eigenvalue weighted by Crippen LogP contribution is -2.58. The van der Waals surface area contributed by atoms with E-state index in [1.165, 1.54) is 4.90 Å². The van der Waals surface area contributed by atoms with Crippen molar-refractivity contribution in [2.45, 2.75) is 104 Å². The van der Waals surface area contributed by atoms with E-state index in [2.05, 4.69) is 33.9 Å². The summed E-state index contributed by atoms with van der Waals surface area (Å²) >= 11 is 0. The average Bonchev–Trinajstić information content (AvgIpc) is 3.29. The molecule has 4 unspecified atom stereocenters. The lowest BCUT2D eigenvalue weighted by molar-refractivity contribution is -0.190. The monoisotopic (exact) mass is 513 g/mol. The van der Waals surface area contributed by atoms with Crippen LogP contribution in [0, 0.1) is 17.3 Å². The van der Waals surface area contributed by atoms with Gasteiger partial charge in [-0.05, 0) is 64.5 Å². The highest BCUT2D eigenvalue weighted by atomic mass is 28.3. The molecule has 2 fully saturated rings. The molecular formula is C25H47N3O6Si. The predicted octanol–water partition coefficient (Wildman–Crippen LogP) is 3.46. The minimum Gasteiger partial charge on any atom is -0.464 e. The van der Waals surface area contributed by atoms with Crippen LogP contribution in [-0.2, 0) is 23.6 Å². The lowest BCUT2D eigenvalue weighted by atomic mass is 9.72. The summed E-state index contributed by atoms with van der Waals surface area (Å²) in [6.07, 6.45) is 1.86. The topological polar surface area (TPSA) is 111 Å². The number of ether oxygens (including phenoxy) is 2. The molecule has 10 heteroatoms. The second-order valence-corrected chi connectivity index (χ2v) is 14.7. The molecule has 0 aromatic heterocycles. The summed E-state index contributed by atoms with van der Waals surface area (Å²) in [5, 5.41) is 1.84. The van der Waals surface area contributed by atoms with Crippen LogP contribution in [0.2, 0.25) is 13.1 Å². The number of hydrogen-bond donors (Lipinski definition) is 1. The Morgan fingerprint density at radius 1 is 1.09 bits per heavy atom. The highest BCUT2D eigenvalue weighted by Crippen LogP contribution is 2.50. The van der Waals surface area contributed by atoms with E-state index >= 15 is 0 Å². The minimum absolute atomic E-state index is 0.0713. The number of carbonyl (C=O) groups is 3. The number of unbranched alkanes of at least 4 members (excludes halogenated alkanes) is 1. The number of nitrogens with two attached hydrogens (primary N) is 1. The summed E-state index contributed by atoms with van der Waals surface area (Å²) in [4.78, 5) is 40.8. The predicted molar refractivity (Wildman–Crippen MR) is 137 cm³/mol. The molecule has 2 N–H and O–H groups in total. The van der Waals surface area contributed by atoms with Gasteiger partial charge < -0.3 is 19.7 Å². The summed E-state index contributed by atoms with van der Waals surface area (Å²) < 4.78 is 17.8. The summed E-state index contributed by atoms with van der Waals surface area (Å²) in [6.45, 7) is 19.1. The van der Waals surface area contributed by atoms with Gasteiger partial charge in [0.25, 0.3) is 0 Å². The first-order chi connectivity index (χ1) is 16.0. The van der Waals surface area contributed by atoms with Crippen molar-refractivity contribution in [1.82, 2.24) is 9.96 Å². The van der Waals surface area contributed by atoms with Gasteiger partial charge in [-0.1, -0.05) is 34.1 Å². The molecule has 0 aliphatic carbocycles. The Bertz CT molecular complexity index is 778. The van der Waals surface area contributed by atoms with Gasteiger partial charge >= 0.3 is 12.1 Å². The van der Waals surface area contributed by atoms with E-state index in [1.54, 1.807) is 20.8 Å². The fourth-order valence-electron chi connectivity index (χ4n) is 5.01. The molecule has 2 aliphatic rings. The fraction of sp³-hybridized carbons (Fsp3) is 0.880. The molecule has 0 radical (unpaired) electrons. The number of likely N-dealkylation sites (tertiary alicyclic amines) is 1. The Labute approximate surface area is 212 Å². The summed E-state index contributed by atoms with van der Waals surface area (Å²) in [5.41, 5.74) is 3.84. The van der Waals surface area contributed by atoms with E-state index in [9.17, 15) is 14.4 Å². The van der Waals surface area contributed by atoms with Crippen LogP contribution >= 0.6 is 0 Å². The third-order valence-corrected chi connectivity index (χ3v) is 7.65. The van der Waals surface area contributed by atoms with E-state index in [1.807, 2.05) is 12.0 Å². The van der Waals surface area contributed by atoms with Gasteiger partial charge in [-0.3, -0.25) is 9.69 Å². The van der Waals surface area contributed by atoms with Crippen LogP contribution < -0.4 is 5.73 Å². The Morgan fingerprint density at radius 2 is 1.71 bits per heavy atom. The Morgan fingerprint density at radius 3 is 2.20 bits per heavy atom. The molecule has 35 heavy (non-hydrogen) atoms. The Balaban J connectivity index is 2.52. The molecule has 2 aliphatic heterocycles. The number of nitrogens with zero attached hydrogens (tertiary/aromatic N) is 2. The Hall–Kier alpha value is -1.65. The van der Waals surface area contributed by atoms with Crippen LogP contribution in [0.5, 0.6) is 0 Å². The van der Waals surface area contributed by atoms with Crippen LogP contribution in [0.1, 0.15) is 74.1 Å². The quantitative estimate of drug-likeness (QED) is 0.300. The Kier molecular flexibility index (Phi) is 9.44. The molecule has 4 atom stereocenters. The van der Waals surface area contributed by atoms with E-state index in [-0.39, 0.29) is 36.2 Å². The first-order valence-corrected chi connectivity index (χ1v) is 15.7. The summed E-state index contributed by atoms with van der Waals surface area (Å²) in [7, 11) is -1.58. The maximum Gasteiger partial charge on any atom is 0.410 e. The zero-order valence-electron chi connectivity index (χ0n) is 23.2. The van der Waals surface area contributed by atoms with Crippen LogP contribution in [0.15, 0.2) is 0 Å². The highest BCUT2D eigenvalue weighted by molar-refractivity contribution is 6.48. The smallest absolute Gasteiger partial charge is 0.410 e. The molecule has 0 aromatic carbocycles. The largest absolute Gasteiger partial charge is 0.464 e. The van der Waals surface area contributed by atoms with Crippen molar-refractivity contribution in [3.63, 3.8) is 0 Å². The zero-order valence-corrected chi connectivity index (χ0v) is 24.3. The molecule has 9 nitrogen and oxygen atoms in total. The molecule has 202 valence electrons. The second kappa shape index (κ2) is 11.2. The van der Waals surface area contributed by atoms with Crippen LogP contribution in [0.4, 0.5) is 4.79 Å². The van der Waals surface area contributed by atoms with E-state index in [4.69, 9.17) is 19.7 Å². The molecule has 0 bridgehead atoms. The highest BCUT2D eigenvalue weighted by Gasteiger charge is 2.63. The number of primary amides is 1. The number of hydroxylamine groups is 2. The molecule has 2 amide bonds. The average molecular weight is 514 g/mol. The molecule has 2 saturated heterocycles. The third kappa shape index (κ3) is 6.98. The van der Waals surface area contributed by atoms with Gasteiger partial charge in [-0.25, -0.2) is 9.59 Å². The summed E-state index contributed by atoms with van der Waals surface area (Å²) in [6, 6.07) is -0.859. The van der Waals surface area contributed by atoms with Crippen molar-refractivity contribution in [1.29, 1.82) is 0 Å². The van der Waals surface area contributed by atoms with Crippen LogP contribution in [-0.4, -0.2) is 73.9 Å². The number of rotatable bonds is 8. The van der Waals surface area contributed by atoms with E-state index in [0.29, 0.717) is 19.6 Å². The van der Waals surface area contributed by atoms with Crippen molar-refractivity contribution < 1.29 is 28.4 Å². The lowest BCUT2D eigenvalue weighted by Gasteiger charge is -2.40. The number of esters is 1. The van der Waals surface area contributed by atoms with Gasteiger partial charge in [0.1, 0.15) is 17.2 Å². The second-order valence-electron chi connectivity index (χ2n) is 12.4. The molecule has 0 aromatic rings. The zero-order chi connectivity index (χ0) is 26.8. The van der Waals surface area contributed by atoms with Gasteiger partial charge in [-0.2, -0.15) is 5.06 Å². The van der Waals surface area contributed by atoms with Gasteiger partial charge in [0.2, 0.25) is 5.91 Å². The normalized spacial score (nSPS) is 27.9. The van der Waals surface area contributed by atoms with Crippen LogP contribution in [0.25, 0.3) is 0 Å². The molecule has 2 heterocycles. The maximum absolute atomic E-state index is 13.9. The van der Waals surface area contributed by atoms with Gasteiger partial charge in [0.05, 0.1) is 6.61 Å². The van der Waals surface area contributed by atoms with Gasteiger partial charge in [0.15, 0.2) is 9.04 Å². The summed E-state index contributed by atoms with van der Waals surface area (Å²) in [5.74, 6) is -1.17. The van der Waals surface area contributed by atoms with Crippen LogP contribution in [0.3, 0.4) is 0 Å². The molecular weight excluding hydrogens is 466 g/mol. The third-order valence-electron chi connectivity index (χ3n) is 6.97. The minimum atomic E-state index is -1.58. The van der Waals surface area contributed by atoms with Crippen molar-refractivity contribution >= 4 is 27.0 Å². The van der Waals surface area contributed by atoms with E-state index in [0.717, 1.165) is 12.8 Å². The van der Waals surface area contributed by atoms with Crippen molar-refractivity contribution in [3.8, 4) is 0 Å². The first kappa shape index (κ1) is 29.6. The maximum atomic E-state index is 13.9. The number of carbonyl (C=O) groups excluding carboxylic acids is 3. The molecule has 2 rings (SSSR count). The number of amides is 2. The van der Waals surface area contributed by atoms with Crippen molar-refractivity contribution in [2.75, 3.05) is 19.7 Å². The first-order valence-electron chi connectivity index (χ1n) is 12.9. The number of hydrogen-bond acceptors (Lipinski definition) is 7. The van der Waals surface area contributed by atoms with Crippen molar-refractivity contribution in [2.24, 2.45) is 23.0 Å². The molecule has 0 saturated carbocycles. The molecule has 0 spiro atoms. The fourth-order valence-corrected chi connectivity index (χ4v) is 5.79. The van der Waals surface area contributed by atoms with Crippen molar-refractivity contribution in [3.05, 3.63) is 0 Å². The van der Waals surface area contributed by atoms with Gasteiger partial charge in [-0.15, -0.1) is 0 Å².